The maximum atomic E-state index is 4.83. The lowest BCUT2D eigenvalue weighted by Gasteiger charge is -2.28. The van der Waals surface area contributed by atoms with Crippen LogP contribution in [0.3, 0.4) is 0 Å². The first-order chi connectivity index (χ1) is 7.90. The second-order valence-corrected chi connectivity index (χ2v) is 4.24. The van der Waals surface area contributed by atoms with Crippen molar-refractivity contribution in [3.63, 3.8) is 0 Å². The van der Waals surface area contributed by atoms with E-state index >= 15 is 0 Å². The number of nitrogens with zero attached hydrogens (tertiary/aromatic N) is 1. The van der Waals surface area contributed by atoms with Gasteiger partial charge in [-0.3, -0.25) is 0 Å². The molecule has 0 unspecified atom stereocenters. The van der Waals surface area contributed by atoms with Gasteiger partial charge < -0.3 is 9.74 Å². The van der Waals surface area contributed by atoms with Gasteiger partial charge >= 0.3 is 0 Å². The van der Waals surface area contributed by atoms with Crippen LogP contribution >= 0.6 is 0 Å². The molecule has 1 aromatic carbocycles. The van der Waals surface area contributed by atoms with Crippen molar-refractivity contribution in [3.05, 3.63) is 29.8 Å². The molecule has 2 rings (SSSR count). The largest absolute Gasteiger partial charge is 0.372 e. The van der Waals surface area contributed by atoms with Crippen LogP contribution in [0, 0.1) is 0 Å². The smallest absolute Gasteiger partial charge is 0.0572 e. The Kier molecular flexibility index (Phi) is 4.19. The molecule has 0 bridgehead atoms. The van der Waals surface area contributed by atoms with E-state index in [4.69, 9.17) is 4.84 Å². The second kappa shape index (κ2) is 5.87. The molecule has 1 aliphatic rings. The number of hydrogen-bond acceptors (Lipinski definition) is 3. The Morgan fingerprint density at radius 2 is 1.81 bits per heavy atom. The predicted molar refractivity (Wildman–Crippen MR) is 66.4 cm³/mol. The first-order valence-electron chi connectivity index (χ1n) is 6.00. The number of nitrogens with one attached hydrogen (secondary N) is 1. The highest BCUT2D eigenvalue weighted by atomic mass is 16.6. The Bertz CT molecular complexity index is 304. The number of piperidine rings is 1. The van der Waals surface area contributed by atoms with Crippen LogP contribution < -0.4 is 10.4 Å². The Labute approximate surface area is 97.4 Å². The molecule has 0 atom stereocenters. The van der Waals surface area contributed by atoms with Crippen molar-refractivity contribution >= 4 is 5.69 Å². The Balaban J connectivity index is 1.95. The van der Waals surface area contributed by atoms with Crippen molar-refractivity contribution < 1.29 is 4.84 Å². The highest BCUT2D eigenvalue weighted by molar-refractivity contribution is 5.47. The molecule has 1 aromatic rings. The van der Waals surface area contributed by atoms with Crippen molar-refractivity contribution in [3.8, 4) is 0 Å². The van der Waals surface area contributed by atoms with Crippen LogP contribution in [0.4, 0.5) is 5.69 Å². The summed E-state index contributed by atoms with van der Waals surface area (Å²) in [4.78, 5) is 7.30. The van der Waals surface area contributed by atoms with E-state index in [9.17, 15) is 0 Å². The summed E-state index contributed by atoms with van der Waals surface area (Å²) in [6.07, 6.45) is 4.03. The molecule has 3 heteroatoms. The Morgan fingerprint density at radius 3 is 2.44 bits per heavy atom. The van der Waals surface area contributed by atoms with Crippen molar-refractivity contribution in [1.82, 2.24) is 5.48 Å². The predicted octanol–water partition coefficient (Wildman–Crippen LogP) is 2.33. The fourth-order valence-electron chi connectivity index (χ4n) is 2.13. The number of hydrogen-bond donors (Lipinski definition) is 1. The lowest BCUT2D eigenvalue weighted by atomic mass is 10.1. The minimum atomic E-state index is 0.761. The molecule has 0 saturated carbocycles. The number of benzene rings is 1. The third kappa shape index (κ3) is 2.97. The van der Waals surface area contributed by atoms with Crippen LogP contribution in [0.5, 0.6) is 0 Å². The monoisotopic (exact) mass is 220 g/mol. The maximum Gasteiger partial charge on any atom is 0.0572 e. The minimum absolute atomic E-state index is 0.761. The van der Waals surface area contributed by atoms with Gasteiger partial charge in [0, 0.05) is 25.3 Å². The van der Waals surface area contributed by atoms with E-state index in [-0.39, 0.29) is 0 Å². The summed E-state index contributed by atoms with van der Waals surface area (Å²) in [5.74, 6) is 0. The van der Waals surface area contributed by atoms with E-state index in [0.29, 0.717) is 0 Å². The van der Waals surface area contributed by atoms with Crippen molar-refractivity contribution in [2.75, 3.05) is 25.1 Å². The van der Waals surface area contributed by atoms with Gasteiger partial charge in [-0.1, -0.05) is 12.1 Å². The van der Waals surface area contributed by atoms with Gasteiger partial charge in [0.15, 0.2) is 0 Å². The van der Waals surface area contributed by atoms with Gasteiger partial charge in [0.1, 0.15) is 0 Å². The zero-order chi connectivity index (χ0) is 11.2. The van der Waals surface area contributed by atoms with E-state index < -0.39 is 0 Å². The van der Waals surface area contributed by atoms with Crippen LogP contribution in [0.1, 0.15) is 24.8 Å². The number of rotatable bonds is 4. The molecule has 0 amide bonds. The van der Waals surface area contributed by atoms with Crippen molar-refractivity contribution in [2.45, 2.75) is 25.8 Å². The Morgan fingerprint density at radius 1 is 1.12 bits per heavy atom. The van der Waals surface area contributed by atoms with Crippen LogP contribution in [-0.4, -0.2) is 20.2 Å². The maximum absolute atomic E-state index is 4.83. The Hall–Kier alpha value is -1.06. The summed E-state index contributed by atoms with van der Waals surface area (Å²) in [7, 11) is 1.64. The SMILES string of the molecule is CONCc1ccc(N2CCCCC2)cc1. The third-order valence-electron chi connectivity index (χ3n) is 3.08. The number of hydroxylamine groups is 1. The molecule has 0 radical (unpaired) electrons. The van der Waals surface area contributed by atoms with Crippen LogP contribution in [0.25, 0.3) is 0 Å². The van der Waals surface area contributed by atoms with Gasteiger partial charge in [-0.05, 0) is 37.0 Å². The van der Waals surface area contributed by atoms with E-state index in [1.54, 1.807) is 7.11 Å². The molecule has 1 saturated heterocycles. The van der Waals surface area contributed by atoms with Gasteiger partial charge in [0.2, 0.25) is 0 Å². The fraction of sp³-hybridized carbons (Fsp3) is 0.538. The quantitative estimate of drug-likeness (QED) is 0.788. The van der Waals surface area contributed by atoms with Gasteiger partial charge in [-0.15, -0.1) is 0 Å². The molecule has 88 valence electrons. The zero-order valence-corrected chi connectivity index (χ0v) is 9.91. The average molecular weight is 220 g/mol. The van der Waals surface area contributed by atoms with E-state index in [1.165, 1.54) is 43.6 Å². The van der Waals surface area contributed by atoms with Crippen LogP contribution in [-0.2, 0) is 11.4 Å². The fourth-order valence-corrected chi connectivity index (χ4v) is 2.13. The van der Waals surface area contributed by atoms with Gasteiger partial charge in [0.25, 0.3) is 0 Å². The molecule has 1 aliphatic heterocycles. The summed E-state index contributed by atoms with van der Waals surface area (Å²) in [5, 5.41) is 0. The summed E-state index contributed by atoms with van der Waals surface area (Å²) in [6, 6.07) is 8.74. The molecule has 16 heavy (non-hydrogen) atoms. The molecule has 0 spiro atoms. The zero-order valence-electron chi connectivity index (χ0n) is 9.91. The first kappa shape index (κ1) is 11.4. The molecule has 0 aliphatic carbocycles. The second-order valence-electron chi connectivity index (χ2n) is 4.24. The van der Waals surface area contributed by atoms with Gasteiger partial charge in [-0.2, -0.15) is 5.48 Å². The molecule has 1 fully saturated rings. The minimum Gasteiger partial charge on any atom is -0.372 e. The molecule has 0 aromatic heterocycles. The molecule has 3 nitrogen and oxygen atoms in total. The van der Waals surface area contributed by atoms with Gasteiger partial charge in [-0.25, -0.2) is 0 Å². The van der Waals surface area contributed by atoms with E-state index in [2.05, 4.69) is 34.6 Å². The summed E-state index contributed by atoms with van der Waals surface area (Å²) in [5.41, 5.74) is 5.45. The highest BCUT2D eigenvalue weighted by Crippen LogP contribution is 2.20. The van der Waals surface area contributed by atoms with E-state index in [1.807, 2.05) is 0 Å². The average Bonchev–Trinajstić information content (AvgIpc) is 2.38. The molecular weight excluding hydrogens is 200 g/mol. The normalized spacial score (nSPS) is 16.4. The number of anilines is 1. The highest BCUT2D eigenvalue weighted by Gasteiger charge is 2.10. The molecule has 1 heterocycles. The summed E-state index contributed by atoms with van der Waals surface area (Å²) in [6.45, 7) is 3.17. The molecule has 1 N–H and O–H groups in total. The van der Waals surface area contributed by atoms with Crippen molar-refractivity contribution in [2.24, 2.45) is 0 Å². The van der Waals surface area contributed by atoms with Crippen LogP contribution in [0.15, 0.2) is 24.3 Å². The molecular formula is C13H20N2O. The van der Waals surface area contributed by atoms with Crippen LogP contribution in [0.2, 0.25) is 0 Å². The first-order valence-corrected chi connectivity index (χ1v) is 6.00. The van der Waals surface area contributed by atoms with E-state index in [0.717, 1.165) is 6.54 Å². The van der Waals surface area contributed by atoms with Crippen molar-refractivity contribution in [1.29, 1.82) is 0 Å². The standard InChI is InChI=1S/C13H20N2O/c1-16-14-11-12-5-7-13(8-6-12)15-9-3-2-4-10-15/h5-8,14H,2-4,9-11H2,1H3. The lowest BCUT2D eigenvalue weighted by molar-refractivity contribution is 0.0867. The summed E-state index contributed by atoms with van der Waals surface area (Å²) < 4.78 is 0. The lowest BCUT2D eigenvalue weighted by Crippen LogP contribution is -2.29. The van der Waals surface area contributed by atoms with Gasteiger partial charge in [0.05, 0.1) is 7.11 Å². The topological polar surface area (TPSA) is 24.5 Å². The third-order valence-corrected chi connectivity index (χ3v) is 3.08. The summed E-state index contributed by atoms with van der Waals surface area (Å²) >= 11 is 0.